The molecule has 0 saturated carbocycles. The normalized spacial score (nSPS) is 13.4. The van der Waals surface area contributed by atoms with Crippen molar-refractivity contribution in [3.05, 3.63) is 122 Å². The Morgan fingerprint density at radius 2 is 0.800 bits per heavy atom. The third-order valence-corrected chi connectivity index (χ3v) is 8.49. The van der Waals surface area contributed by atoms with E-state index in [0.717, 1.165) is 89.9 Å². The summed E-state index contributed by atoms with van der Waals surface area (Å²) in [4.78, 5) is 24.2. The first-order valence-electron chi connectivity index (χ1n) is 21.6. The molecule has 0 rings (SSSR count). The summed E-state index contributed by atoms with van der Waals surface area (Å²) in [7, 11) is 0. The first-order chi connectivity index (χ1) is 27.1. The Hall–Kier alpha value is -3.70. The second kappa shape index (κ2) is 44.7. The molecular weight excluding hydrogens is 681 g/mol. The summed E-state index contributed by atoms with van der Waals surface area (Å²) in [6, 6.07) is 0. The smallest absolute Gasteiger partial charge is 0.306 e. The van der Waals surface area contributed by atoms with Crippen LogP contribution in [0.4, 0.5) is 0 Å². The number of unbranched alkanes of at least 4 members (excludes halogenated alkanes) is 9. The van der Waals surface area contributed by atoms with Crippen molar-refractivity contribution in [2.45, 2.75) is 168 Å². The largest absolute Gasteiger partial charge is 0.462 e. The van der Waals surface area contributed by atoms with Gasteiger partial charge in [0.2, 0.25) is 0 Å². The molecule has 5 heteroatoms. The second-order valence-corrected chi connectivity index (χ2v) is 13.7. The predicted molar refractivity (Wildman–Crippen MR) is 237 cm³/mol. The molecule has 0 amide bonds. The minimum absolute atomic E-state index is 0.102. The van der Waals surface area contributed by atoms with Gasteiger partial charge in [-0.15, -0.1) is 0 Å². The van der Waals surface area contributed by atoms with Crippen molar-refractivity contribution in [2.24, 2.45) is 0 Å². The average Bonchev–Trinajstić information content (AvgIpc) is 3.19. The van der Waals surface area contributed by atoms with Gasteiger partial charge >= 0.3 is 11.9 Å². The number of hydrogen-bond acceptors (Lipinski definition) is 5. The molecule has 0 heterocycles. The van der Waals surface area contributed by atoms with E-state index in [0.29, 0.717) is 12.8 Å². The molecule has 0 aliphatic heterocycles. The molecule has 1 N–H and O–H groups in total. The zero-order chi connectivity index (χ0) is 40.0. The Morgan fingerprint density at radius 1 is 0.436 bits per heavy atom. The van der Waals surface area contributed by atoms with Crippen molar-refractivity contribution < 1.29 is 24.2 Å². The van der Waals surface area contributed by atoms with Gasteiger partial charge in [-0.05, 0) is 103 Å². The number of carbonyl (C=O) groups excluding carboxylic acids is 2. The Morgan fingerprint density at radius 3 is 1.25 bits per heavy atom. The van der Waals surface area contributed by atoms with Gasteiger partial charge in [-0.3, -0.25) is 9.59 Å². The highest BCUT2D eigenvalue weighted by Gasteiger charge is 2.15. The molecule has 0 fully saturated rings. The number of esters is 2. The van der Waals surface area contributed by atoms with Crippen molar-refractivity contribution >= 4 is 11.9 Å². The monoisotopic (exact) mass is 759 g/mol. The SMILES string of the molecule is CC/C=C\C/C=C\C/C=C\C/C=C\C/C=C\C/C=C\C/C=C\C/C=C\C/C=C\CCCC(=O)OC(CO)COC(=O)CCCCCCC/C=C\CCCCC. The van der Waals surface area contributed by atoms with Crippen LogP contribution in [0.25, 0.3) is 0 Å². The lowest BCUT2D eigenvalue weighted by atomic mass is 10.1. The van der Waals surface area contributed by atoms with Crippen LogP contribution in [0, 0.1) is 0 Å². The number of allylic oxidation sites excluding steroid dienone is 20. The molecule has 0 aromatic carbocycles. The first kappa shape index (κ1) is 51.3. The van der Waals surface area contributed by atoms with Crippen molar-refractivity contribution in [3.63, 3.8) is 0 Å². The Balaban J connectivity index is 3.75. The molecule has 5 nitrogen and oxygen atoms in total. The highest BCUT2D eigenvalue weighted by molar-refractivity contribution is 5.70. The summed E-state index contributed by atoms with van der Waals surface area (Å²) in [5, 5.41) is 9.55. The molecule has 0 radical (unpaired) electrons. The lowest BCUT2D eigenvalue weighted by Gasteiger charge is -2.15. The summed E-state index contributed by atoms with van der Waals surface area (Å²) in [5.41, 5.74) is 0. The van der Waals surface area contributed by atoms with Crippen molar-refractivity contribution in [3.8, 4) is 0 Å². The van der Waals surface area contributed by atoms with E-state index in [9.17, 15) is 14.7 Å². The van der Waals surface area contributed by atoms with Crippen LogP contribution in [0.1, 0.15) is 162 Å². The van der Waals surface area contributed by atoms with E-state index in [1.54, 1.807) is 0 Å². The molecule has 1 unspecified atom stereocenters. The van der Waals surface area contributed by atoms with Crippen LogP contribution in [-0.2, 0) is 19.1 Å². The molecule has 1 atom stereocenters. The summed E-state index contributed by atoms with van der Waals surface area (Å²) >= 11 is 0. The topological polar surface area (TPSA) is 72.8 Å². The van der Waals surface area contributed by atoms with Gasteiger partial charge in [-0.2, -0.15) is 0 Å². The van der Waals surface area contributed by atoms with Gasteiger partial charge in [-0.25, -0.2) is 0 Å². The minimum atomic E-state index is -0.813. The van der Waals surface area contributed by atoms with E-state index in [1.807, 2.05) is 0 Å². The van der Waals surface area contributed by atoms with E-state index in [4.69, 9.17) is 9.47 Å². The molecule has 308 valence electrons. The molecule has 0 aromatic heterocycles. The minimum Gasteiger partial charge on any atom is -0.462 e. The molecular formula is C50H78O5. The van der Waals surface area contributed by atoms with E-state index in [-0.39, 0.29) is 31.6 Å². The van der Waals surface area contributed by atoms with Crippen molar-refractivity contribution in [2.75, 3.05) is 13.2 Å². The number of rotatable bonds is 37. The van der Waals surface area contributed by atoms with E-state index >= 15 is 0 Å². The molecule has 0 spiro atoms. The zero-order valence-corrected chi connectivity index (χ0v) is 34.9. The lowest BCUT2D eigenvalue weighted by Crippen LogP contribution is -2.28. The van der Waals surface area contributed by atoms with E-state index in [2.05, 4.69) is 135 Å². The van der Waals surface area contributed by atoms with Crippen LogP contribution >= 0.6 is 0 Å². The number of ether oxygens (including phenoxy) is 2. The predicted octanol–water partition coefficient (Wildman–Crippen LogP) is 14.0. The third kappa shape index (κ3) is 42.9. The van der Waals surface area contributed by atoms with Crippen LogP contribution in [0.3, 0.4) is 0 Å². The van der Waals surface area contributed by atoms with Gasteiger partial charge in [-0.1, -0.05) is 167 Å². The molecule has 55 heavy (non-hydrogen) atoms. The number of carbonyl (C=O) groups is 2. The maximum Gasteiger partial charge on any atom is 0.306 e. The standard InChI is InChI=1S/C50H78O5/c1-3-5-7-9-11-13-15-17-18-19-20-21-22-23-24-25-26-27-28-29-30-31-32-33-35-37-39-41-43-45-50(53)55-48(46-51)47-54-49(52)44-42-40-38-36-34-16-14-12-10-8-6-4-2/h5,7,11-14,17-18,20-21,23-24,26-27,29-30,32-33,37,39,48,51H,3-4,6,8-10,15-16,19,22,25,28,31,34-36,38,40-47H2,1-2H3/b7-5-,13-11-,14-12-,18-17-,21-20-,24-23-,27-26-,30-29-,33-32-,39-37-. The van der Waals surface area contributed by atoms with Crippen molar-refractivity contribution in [1.29, 1.82) is 0 Å². The maximum absolute atomic E-state index is 12.2. The van der Waals surface area contributed by atoms with Gasteiger partial charge in [0.25, 0.3) is 0 Å². The maximum atomic E-state index is 12.2. The Bertz CT molecular complexity index is 1180. The quantitative estimate of drug-likeness (QED) is 0.0388. The lowest BCUT2D eigenvalue weighted by molar-refractivity contribution is -0.161. The van der Waals surface area contributed by atoms with E-state index < -0.39 is 6.10 Å². The third-order valence-electron chi connectivity index (χ3n) is 8.49. The van der Waals surface area contributed by atoms with Gasteiger partial charge < -0.3 is 14.6 Å². The fraction of sp³-hybridized carbons (Fsp3) is 0.560. The fourth-order valence-corrected chi connectivity index (χ4v) is 5.25. The number of aliphatic hydroxyl groups is 1. The summed E-state index contributed by atoms with van der Waals surface area (Å²) in [6.45, 7) is 3.92. The highest BCUT2D eigenvalue weighted by Crippen LogP contribution is 2.10. The van der Waals surface area contributed by atoms with Crippen LogP contribution in [0.2, 0.25) is 0 Å². The molecule has 0 bridgehead atoms. The van der Waals surface area contributed by atoms with Gasteiger partial charge in [0.05, 0.1) is 6.61 Å². The van der Waals surface area contributed by atoms with Crippen LogP contribution in [0.15, 0.2) is 122 Å². The van der Waals surface area contributed by atoms with E-state index in [1.165, 1.54) is 38.5 Å². The molecule has 0 aromatic rings. The molecule has 0 aliphatic rings. The molecule has 0 saturated heterocycles. The van der Waals surface area contributed by atoms with Crippen LogP contribution in [-0.4, -0.2) is 36.4 Å². The van der Waals surface area contributed by atoms with Crippen molar-refractivity contribution in [1.82, 2.24) is 0 Å². The van der Waals surface area contributed by atoms with Gasteiger partial charge in [0.1, 0.15) is 6.61 Å². The highest BCUT2D eigenvalue weighted by atomic mass is 16.6. The second-order valence-electron chi connectivity index (χ2n) is 13.7. The van der Waals surface area contributed by atoms with Crippen LogP contribution < -0.4 is 0 Å². The van der Waals surface area contributed by atoms with Crippen LogP contribution in [0.5, 0.6) is 0 Å². The Labute approximate surface area is 337 Å². The summed E-state index contributed by atoms with van der Waals surface area (Å²) in [6.07, 6.45) is 65.6. The average molecular weight is 759 g/mol. The van der Waals surface area contributed by atoms with Gasteiger partial charge in [0, 0.05) is 12.8 Å². The summed E-state index contributed by atoms with van der Waals surface area (Å²) in [5.74, 6) is -0.685. The first-order valence-corrected chi connectivity index (χ1v) is 21.6. The molecule has 0 aliphatic carbocycles. The van der Waals surface area contributed by atoms with Gasteiger partial charge in [0.15, 0.2) is 6.10 Å². The zero-order valence-electron chi connectivity index (χ0n) is 34.9. The fourth-order valence-electron chi connectivity index (χ4n) is 5.25. The number of aliphatic hydroxyl groups excluding tert-OH is 1. The number of hydrogen-bond donors (Lipinski definition) is 1. The Kier molecular flexibility index (Phi) is 41.7. The summed E-state index contributed by atoms with van der Waals surface area (Å²) < 4.78 is 10.5.